The van der Waals surface area contributed by atoms with E-state index in [1.807, 2.05) is 0 Å². The van der Waals surface area contributed by atoms with Crippen LogP contribution in [0, 0.1) is 11.8 Å². The number of aromatic nitrogens is 5. The molecule has 0 radical (unpaired) electrons. The molecule has 1 aromatic carbocycles. The number of benzene rings is 1. The second-order valence-electron chi connectivity index (χ2n) is 8.40. The quantitative estimate of drug-likeness (QED) is 0.399. The summed E-state index contributed by atoms with van der Waals surface area (Å²) in [6, 6.07) is 3.47. The number of nitrogens with zero attached hydrogens (tertiary/aromatic N) is 6. The number of imidazole rings is 1. The molecule has 1 atom stereocenters. The maximum absolute atomic E-state index is 13.5. The van der Waals surface area contributed by atoms with Gasteiger partial charge in [-0.3, -0.25) is 9.36 Å². The van der Waals surface area contributed by atoms with Crippen molar-refractivity contribution < 1.29 is 13.2 Å². The van der Waals surface area contributed by atoms with Crippen LogP contribution in [-0.2, 0) is 19.3 Å². The van der Waals surface area contributed by atoms with Gasteiger partial charge in [-0.05, 0) is 38.0 Å². The highest BCUT2D eigenvalue weighted by Crippen LogP contribution is 2.33. The largest absolute Gasteiger partial charge is 0.416 e. The molecule has 0 bridgehead atoms. The third kappa shape index (κ3) is 4.91. The highest BCUT2D eigenvalue weighted by molar-refractivity contribution is 7.18. The molecule has 0 spiro atoms. The number of piperidine rings is 1. The van der Waals surface area contributed by atoms with Crippen molar-refractivity contribution in [1.82, 2.24) is 24.3 Å². The number of nitrogens with two attached hydrogens (primary N) is 1. The van der Waals surface area contributed by atoms with Gasteiger partial charge in [-0.1, -0.05) is 5.92 Å². The van der Waals surface area contributed by atoms with Crippen LogP contribution >= 0.6 is 23.7 Å². The first-order valence-electron chi connectivity index (χ1n) is 11.1. The summed E-state index contributed by atoms with van der Waals surface area (Å²) in [4.78, 5) is 24.5. The predicted molar refractivity (Wildman–Crippen MR) is 136 cm³/mol. The SMILES string of the molecule is CC#CCn1c(N2CCCC(N)C2)nc2cnn(Cc3nc4cc(C(F)(F)F)ccc4s3)c(=O)c21.Cl. The summed E-state index contributed by atoms with van der Waals surface area (Å²) < 4.78 is 42.8. The van der Waals surface area contributed by atoms with Gasteiger partial charge in [0.25, 0.3) is 5.56 Å². The van der Waals surface area contributed by atoms with Crippen LogP contribution in [0.5, 0.6) is 0 Å². The Morgan fingerprint density at radius 3 is 2.78 bits per heavy atom. The van der Waals surface area contributed by atoms with E-state index in [0.29, 0.717) is 33.2 Å². The van der Waals surface area contributed by atoms with E-state index in [9.17, 15) is 18.0 Å². The fourth-order valence-electron chi connectivity index (χ4n) is 4.27. The average molecular weight is 538 g/mol. The number of fused-ring (bicyclic) bond motifs is 2. The molecule has 0 saturated carbocycles. The topological polar surface area (TPSA) is 94.9 Å². The van der Waals surface area contributed by atoms with Gasteiger partial charge in [0.05, 0.1) is 35.1 Å². The van der Waals surface area contributed by atoms with E-state index >= 15 is 0 Å². The normalized spacial score (nSPS) is 16.1. The molecule has 8 nitrogen and oxygen atoms in total. The number of halogens is 4. The van der Waals surface area contributed by atoms with E-state index in [0.717, 1.165) is 31.5 Å². The van der Waals surface area contributed by atoms with Crippen molar-refractivity contribution in [2.24, 2.45) is 5.73 Å². The molecule has 4 heterocycles. The molecule has 36 heavy (non-hydrogen) atoms. The van der Waals surface area contributed by atoms with Gasteiger partial charge in [-0.15, -0.1) is 29.7 Å². The van der Waals surface area contributed by atoms with E-state index < -0.39 is 11.7 Å². The summed E-state index contributed by atoms with van der Waals surface area (Å²) in [6.45, 7) is 3.46. The lowest BCUT2D eigenvalue weighted by atomic mass is 10.1. The van der Waals surface area contributed by atoms with Crippen LogP contribution in [0.1, 0.15) is 30.3 Å². The van der Waals surface area contributed by atoms with E-state index in [1.165, 1.54) is 28.3 Å². The first kappa shape index (κ1) is 25.9. The highest BCUT2D eigenvalue weighted by atomic mass is 35.5. The Morgan fingerprint density at radius 2 is 2.06 bits per heavy atom. The third-order valence-electron chi connectivity index (χ3n) is 5.93. The van der Waals surface area contributed by atoms with Crippen molar-refractivity contribution in [2.75, 3.05) is 18.0 Å². The highest BCUT2D eigenvalue weighted by Gasteiger charge is 2.31. The second-order valence-corrected chi connectivity index (χ2v) is 9.52. The Balaban J connectivity index is 0.00000304. The number of rotatable bonds is 4. The van der Waals surface area contributed by atoms with Crippen molar-refractivity contribution in [2.45, 2.75) is 45.1 Å². The van der Waals surface area contributed by atoms with E-state index in [-0.39, 0.29) is 42.6 Å². The lowest BCUT2D eigenvalue weighted by Gasteiger charge is -2.31. The van der Waals surface area contributed by atoms with Gasteiger partial charge in [-0.25, -0.2) is 14.6 Å². The fraction of sp³-hybridized carbons (Fsp3) is 0.391. The summed E-state index contributed by atoms with van der Waals surface area (Å²) in [7, 11) is 0. The molecule has 1 aliphatic rings. The fourth-order valence-corrected chi connectivity index (χ4v) is 5.20. The lowest BCUT2D eigenvalue weighted by Crippen LogP contribution is -2.44. The smallest absolute Gasteiger partial charge is 0.341 e. The Hall–Kier alpha value is -3.14. The number of alkyl halides is 3. The van der Waals surface area contributed by atoms with Crippen LogP contribution in [0.4, 0.5) is 19.1 Å². The third-order valence-corrected chi connectivity index (χ3v) is 6.95. The van der Waals surface area contributed by atoms with Gasteiger partial charge in [-0.2, -0.15) is 18.3 Å². The molecule has 2 N–H and O–H groups in total. The summed E-state index contributed by atoms with van der Waals surface area (Å²) in [5, 5.41) is 4.74. The molecule has 3 aromatic heterocycles. The minimum atomic E-state index is -4.45. The van der Waals surface area contributed by atoms with Gasteiger partial charge >= 0.3 is 6.18 Å². The van der Waals surface area contributed by atoms with Crippen LogP contribution in [0.2, 0.25) is 0 Å². The van der Waals surface area contributed by atoms with Gasteiger partial charge in [0.15, 0.2) is 0 Å². The van der Waals surface area contributed by atoms with Crippen molar-refractivity contribution >= 4 is 50.9 Å². The van der Waals surface area contributed by atoms with E-state index in [1.54, 1.807) is 11.5 Å². The average Bonchev–Trinajstić information content (AvgIpc) is 3.39. The van der Waals surface area contributed by atoms with Crippen molar-refractivity contribution in [3.63, 3.8) is 0 Å². The Bertz CT molecular complexity index is 1530. The van der Waals surface area contributed by atoms with Crippen molar-refractivity contribution in [3.8, 4) is 11.8 Å². The molecule has 5 rings (SSSR count). The first-order chi connectivity index (χ1) is 16.7. The molecule has 190 valence electrons. The Morgan fingerprint density at radius 1 is 1.25 bits per heavy atom. The van der Waals surface area contributed by atoms with Crippen LogP contribution in [0.15, 0.2) is 29.2 Å². The lowest BCUT2D eigenvalue weighted by molar-refractivity contribution is -0.137. The maximum Gasteiger partial charge on any atom is 0.416 e. The summed E-state index contributed by atoms with van der Waals surface area (Å²) in [5.74, 6) is 6.50. The number of hydrogen-bond donors (Lipinski definition) is 1. The summed E-state index contributed by atoms with van der Waals surface area (Å²) in [6.07, 6.45) is -1.06. The monoisotopic (exact) mass is 537 g/mol. The van der Waals surface area contributed by atoms with Gasteiger partial charge in [0.1, 0.15) is 16.0 Å². The number of hydrogen-bond acceptors (Lipinski definition) is 7. The Kier molecular flexibility index (Phi) is 7.26. The summed E-state index contributed by atoms with van der Waals surface area (Å²) >= 11 is 1.23. The molecule has 0 amide bonds. The van der Waals surface area contributed by atoms with Crippen LogP contribution in [0.25, 0.3) is 21.3 Å². The standard InChI is InChI=1S/C23H22F3N7OS.ClH/c1-2-3-9-32-20-17(30-22(32)31-8-4-5-15(27)12-31)11-28-33(21(20)34)13-19-29-16-10-14(23(24,25)26)6-7-18(16)35-19;/h6-7,10-11,15H,4-5,8-9,12-13,27H2,1H3;1H. The van der Waals surface area contributed by atoms with Crippen LogP contribution < -0.4 is 16.2 Å². The van der Waals surface area contributed by atoms with Crippen LogP contribution in [0.3, 0.4) is 0 Å². The summed E-state index contributed by atoms with van der Waals surface area (Å²) in [5.41, 5.74) is 6.10. The second kappa shape index (κ2) is 10.1. The minimum absolute atomic E-state index is 0. The Labute approximate surface area is 214 Å². The molecular formula is C23H23ClF3N7OS. The molecular weight excluding hydrogens is 515 g/mol. The molecule has 0 aliphatic carbocycles. The maximum atomic E-state index is 13.5. The molecule has 13 heteroatoms. The van der Waals surface area contributed by atoms with Crippen molar-refractivity contribution in [3.05, 3.63) is 45.3 Å². The zero-order valence-electron chi connectivity index (χ0n) is 19.2. The number of thiazole rings is 1. The first-order valence-corrected chi connectivity index (χ1v) is 11.9. The molecule has 1 aliphatic heterocycles. The van der Waals surface area contributed by atoms with Crippen LogP contribution in [-0.4, -0.2) is 43.4 Å². The predicted octanol–water partition coefficient (Wildman–Crippen LogP) is 3.64. The van der Waals surface area contributed by atoms with E-state index in [4.69, 9.17) is 5.73 Å². The minimum Gasteiger partial charge on any atom is -0.341 e. The zero-order valence-corrected chi connectivity index (χ0v) is 20.9. The number of anilines is 1. The van der Waals surface area contributed by atoms with Crippen molar-refractivity contribution in [1.29, 1.82) is 0 Å². The molecule has 1 saturated heterocycles. The van der Waals surface area contributed by atoms with Gasteiger partial charge < -0.3 is 10.6 Å². The zero-order chi connectivity index (χ0) is 24.7. The molecule has 1 unspecified atom stereocenters. The van der Waals surface area contributed by atoms with E-state index in [2.05, 4.69) is 31.8 Å². The van der Waals surface area contributed by atoms with Gasteiger partial charge in [0, 0.05) is 19.1 Å². The molecule has 1 fully saturated rings. The molecule has 4 aromatic rings. The van der Waals surface area contributed by atoms with Gasteiger partial charge in [0.2, 0.25) is 5.95 Å².